The second-order valence-electron chi connectivity index (χ2n) is 5.41. The molecule has 0 radical (unpaired) electrons. The van der Waals surface area contributed by atoms with Crippen molar-refractivity contribution in [1.82, 2.24) is 0 Å². The van der Waals surface area contributed by atoms with Gasteiger partial charge in [0, 0.05) is 16.7 Å². The van der Waals surface area contributed by atoms with Crippen LogP contribution in [0.15, 0.2) is 47.4 Å². The van der Waals surface area contributed by atoms with Gasteiger partial charge in [-0.25, -0.2) is 4.39 Å². The number of hydrogen-bond donors (Lipinski definition) is 1. The molecule has 2 aromatic carbocycles. The molecule has 0 saturated carbocycles. The Balaban J connectivity index is 2.01. The molecule has 21 heavy (non-hydrogen) atoms. The minimum Gasteiger partial charge on any atom is -0.327 e. The summed E-state index contributed by atoms with van der Waals surface area (Å²) in [6.07, 6.45) is 1.64. The van der Waals surface area contributed by atoms with Gasteiger partial charge in [0.25, 0.3) is 0 Å². The average Bonchev–Trinajstić information content (AvgIpc) is 2.46. The first-order valence-corrected chi connectivity index (χ1v) is 8.29. The Morgan fingerprint density at radius 2 is 1.95 bits per heavy atom. The molecule has 1 atom stereocenters. The van der Waals surface area contributed by atoms with E-state index in [1.165, 1.54) is 22.9 Å². The van der Waals surface area contributed by atoms with E-state index in [-0.39, 0.29) is 11.9 Å². The first-order valence-electron chi connectivity index (χ1n) is 7.31. The predicted octanol–water partition coefficient (Wildman–Crippen LogP) is 4.71. The van der Waals surface area contributed by atoms with Crippen molar-refractivity contribution in [1.29, 1.82) is 0 Å². The van der Waals surface area contributed by atoms with E-state index in [2.05, 4.69) is 25.1 Å². The van der Waals surface area contributed by atoms with E-state index >= 15 is 0 Å². The summed E-state index contributed by atoms with van der Waals surface area (Å²) in [6, 6.07) is 13.9. The summed E-state index contributed by atoms with van der Waals surface area (Å²) in [5.74, 6) is 0.639. The Labute approximate surface area is 130 Å². The average molecular weight is 303 g/mol. The third-order valence-electron chi connectivity index (χ3n) is 3.50. The van der Waals surface area contributed by atoms with Gasteiger partial charge in [-0.05, 0) is 43.0 Å². The van der Waals surface area contributed by atoms with Crippen LogP contribution in [0.2, 0.25) is 0 Å². The molecule has 0 fully saturated rings. The topological polar surface area (TPSA) is 26.0 Å². The van der Waals surface area contributed by atoms with Gasteiger partial charge in [-0.3, -0.25) is 0 Å². The molecule has 2 aromatic rings. The normalized spacial score (nSPS) is 12.4. The van der Waals surface area contributed by atoms with Gasteiger partial charge in [-0.15, -0.1) is 11.8 Å². The van der Waals surface area contributed by atoms with E-state index in [4.69, 9.17) is 5.73 Å². The molecule has 1 unspecified atom stereocenters. The van der Waals surface area contributed by atoms with Crippen LogP contribution in [0.3, 0.4) is 0 Å². The summed E-state index contributed by atoms with van der Waals surface area (Å²) < 4.78 is 14.1. The van der Waals surface area contributed by atoms with E-state index in [0.717, 1.165) is 24.2 Å². The monoisotopic (exact) mass is 303 g/mol. The molecule has 0 spiro atoms. The third-order valence-corrected chi connectivity index (χ3v) is 4.62. The molecular weight excluding hydrogens is 281 g/mol. The second kappa shape index (κ2) is 7.62. The smallest absolute Gasteiger partial charge is 0.137 e. The lowest BCUT2D eigenvalue weighted by molar-refractivity contribution is 0.593. The highest BCUT2D eigenvalue weighted by atomic mass is 32.2. The Bertz CT molecular complexity index is 598. The van der Waals surface area contributed by atoms with Crippen LogP contribution in [0, 0.1) is 12.7 Å². The van der Waals surface area contributed by atoms with Crippen molar-refractivity contribution in [2.75, 3.05) is 0 Å². The molecule has 0 aliphatic rings. The van der Waals surface area contributed by atoms with Crippen molar-refractivity contribution in [3.8, 4) is 0 Å². The van der Waals surface area contributed by atoms with Crippen LogP contribution in [0.1, 0.15) is 30.0 Å². The van der Waals surface area contributed by atoms with Crippen LogP contribution in [0.5, 0.6) is 0 Å². The lowest BCUT2D eigenvalue weighted by atomic mass is 10.0. The number of halogens is 1. The van der Waals surface area contributed by atoms with Crippen LogP contribution in [0.4, 0.5) is 4.39 Å². The molecule has 2 N–H and O–H groups in total. The fraction of sp³-hybridized carbons (Fsp3) is 0.333. The quantitative estimate of drug-likeness (QED) is 0.782. The highest BCUT2D eigenvalue weighted by molar-refractivity contribution is 7.98. The maximum atomic E-state index is 14.1. The van der Waals surface area contributed by atoms with Crippen LogP contribution < -0.4 is 5.73 Å². The van der Waals surface area contributed by atoms with Gasteiger partial charge in [-0.1, -0.05) is 42.8 Å². The van der Waals surface area contributed by atoms with Crippen LogP contribution >= 0.6 is 11.8 Å². The van der Waals surface area contributed by atoms with E-state index in [0.29, 0.717) is 4.90 Å². The number of benzene rings is 2. The van der Waals surface area contributed by atoms with Crippen LogP contribution in [0.25, 0.3) is 0 Å². The molecule has 112 valence electrons. The maximum absolute atomic E-state index is 14.1. The van der Waals surface area contributed by atoms with Gasteiger partial charge in [-0.2, -0.15) is 0 Å². The van der Waals surface area contributed by atoms with E-state index < -0.39 is 0 Å². The third kappa shape index (κ3) is 4.87. The highest BCUT2D eigenvalue weighted by Crippen LogP contribution is 2.26. The van der Waals surface area contributed by atoms with Gasteiger partial charge in [0.2, 0.25) is 0 Å². The number of aryl methyl sites for hydroxylation is 1. The molecule has 0 aliphatic heterocycles. The predicted molar refractivity (Wildman–Crippen MR) is 89.1 cm³/mol. The lowest BCUT2D eigenvalue weighted by Crippen LogP contribution is -2.21. The lowest BCUT2D eigenvalue weighted by Gasteiger charge is -2.10. The largest absolute Gasteiger partial charge is 0.327 e. The minimum absolute atomic E-state index is 0.107. The molecule has 0 aliphatic carbocycles. The maximum Gasteiger partial charge on any atom is 0.137 e. The molecule has 0 aromatic heterocycles. The van der Waals surface area contributed by atoms with Crippen molar-refractivity contribution in [2.24, 2.45) is 5.73 Å². The van der Waals surface area contributed by atoms with Gasteiger partial charge in [0.15, 0.2) is 0 Å². The van der Waals surface area contributed by atoms with Gasteiger partial charge < -0.3 is 5.73 Å². The van der Waals surface area contributed by atoms with E-state index in [9.17, 15) is 4.39 Å². The SMILES string of the molecule is CCC(N)Cc1ccc(SCc2cccc(C)c2)c(F)c1. The standard InChI is InChI=1S/C18H22FNS/c1-3-16(20)10-14-7-8-18(17(19)11-14)21-12-15-6-4-5-13(2)9-15/h4-9,11,16H,3,10,12,20H2,1-2H3. The van der Waals surface area contributed by atoms with Crippen molar-refractivity contribution >= 4 is 11.8 Å². The molecule has 1 nitrogen and oxygen atoms in total. The van der Waals surface area contributed by atoms with E-state index in [1.807, 2.05) is 25.1 Å². The molecule has 0 heterocycles. The summed E-state index contributed by atoms with van der Waals surface area (Å²) in [5.41, 5.74) is 9.34. The summed E-state index contributed by atoms with van der Waals surface area (Å²) in [7, 11) is 0. The number of nitrogens with two attached hydrogens (primary N) is 1. The summed E-state index contributed by atoms with van der Waals surface area (Å²) in [4.78, 5) is 0.699. The van der Waals surface area contributed by atoms with Gasteiger partial charge >= 0.3 is 0 Å². The summed E-state index contributed by atoms with van der Waals surface area (Å²) >= 11 is 1.54. The highest BCUT2D eigenvalue weighted by Gasteiger charge is 2.07. The molecular formula is C18H22FNS. The Hall–Kier alpha value is -1.32. The Morgan fingerprint density at radius 1 is 1.14 bits per heavy atom. The number of rotatable bonds is 6. The zero-order valence-electron chi connectivity index (χ0n) is 12.6. The molecule has 0 bridgehead atoms. The number of hydrogen-bond acceptors (Lipinski definition) is 2. The van der Waals surface area contributed by atoms with Crippen molar-refractivity contribution in [2.45, 2.75) is 43.4 Å². The fourth-order valence-corrected chi connectivity index (χ4v) is 3.06. The van der Waals surface area contributed by atoms with Crippen LogP contribution in [-0.2, 0) is 12.2 Å². The number of thioether (sulfide) groups is 1. The summed E-state index contributed by atoms with van der Waals surface area (Å²) in [5, 5.41) is 0. The van der Waals surface area contributed by atoms with E-state index in [1.54, 1.807) is 6.07 Å². The van der Waals surface area contributed by atoms with Crippen molar-refractivity contribution in [3.63, 3.8) is 0 Å². The fourth-order valence-electron chi connectivity index (χ4n) is 2.20. The Kier molecular flexibility index (Phi) is 5.83. The zero-order chi connectivity index (χ0) is 15.2. The molecule has 0 saturated heterocycles. The Morgan fingerprint density at radius 3 is 2.62 bits per heavy atom. The second-order valence-corrected chi connectivity index (χ2v) is 6.43. The zero-order valence-corrected chi connectivity index (χ0v) is 13.4. The van der Waals surface area contributed by atoms with Gasteiger partial charge in [0.1, 0.15) is 5.82 Å². The van der Waals surface area contributed by atoms with Crippen LogP contribution in [-0.4, -0.2) is 6.04 Å². The van der Waals surface area contributed by atoms with Crippen molar-refractivity contribution < 1.29 is 4.39 Å². The molecule has 2 rings (SSSR count). The molecule has 0 amide bonds. The minimum atomic E-state index is -0.145. The molecule has 3 heteroatoms. The summed E-state index contributed by atoms with van der Waals surface area (Å²) in [6.45, 7) is 4.12. The first kappa shape index (κ1) is 16.1. The first-order chi connectivity index (χ1) is 10.1. The van der Waals surface area contributed by atoms with Gasteiger partial charge in [0.05, 0.1) is 0 Å². The van der Waals surface area contributed by atoms with Crippen molar-refractivity contribution in [3.05, 3.63) is 65.0 Å².